The van der Waals surface area contributed by atoms with E-state index < -0.39 is 0 Å². The smallest absolute Gasteiger partial charge is 0.264 e. The van der Waals surface area contributed by atoms with Crippen LogP contribution >= 0.6 is 34.9 Å². The van der Waals surface area contributed by atoms with E-state index in [2.05, 4.69) is 6.07 Å². The van der Waals surface area contributed by atoms with Gasteiger partial charge in [0.2, 0.25) is 0 Å². The number of nitrogens with zero attached hydrogens (tertiary/aromatic N) is 1. The van der Waals surface area contributed by atoms with Gasteiger partial charge in [0.25, 0.3) is 5.91 Å². The van der Waals surface area contributed by atoms with Gasteiger partial charge in [0.05, 0.1) is 15.9 Å². The molecule has 0 aromatic carbocycles. The number of thiophene rings is 2. The lowest BCUT2D eigenvalue weighted by atomic mass is 10.2. The molecule has 2 aromatic heterocycles. The number of thiocarbonyl (C=S) groups is 1. The Hall–Kier alpha value is -0.980. The van der Waals surface area contributed by atoms with Crippen LogP contribution in [0.3, 0.4) is 0 Å². The number of amides is 1. The normalized spacial score (nSPS) is 19.6. The van der Waals surface area contributed by atoms with Crippen LogP contribution in [0.4, 0.5) is 0 Å². The van der Waals surface area contributed by atoms with E-state index >= 15 is 0 Å². The maximum atomic E-state index is 12.5. The third kappa shape index (κ3) is 1.94. The van der Waals surface area contributed by atoms with Crippen LogP contribution in [0.15, 0.2) is 17.5 Å². The quantitative estimate of drug-likeness (QED) is 0.867. The number of rotatable bonds is 2. The van der Waals surface area contributed by atoms with Gasteiger partial charge in [-0.15, -0.1) is 22.7 Å². The molecule has 1 aliphatic heterocycles. The molecule has 0 bridgehead atoms. The number of hydrogen-bond donors (Lipinski definition) is 1. The fourth-order valence-corrected chi connectivity index (χ4v) is 4.63. The predicted molar refractivity (Wildman–Crippen MR) is 80.5 cm³/mol. The van der Waals surface area contributed by atoms with Crippen LogP contribution < -0.4 is 5.73 Å². The second kappa shape index (κ2) is 4.60. The third-order valence-electron chi connectivity index (χ3n) is 3.19. The summed E-state index contributed by atoms with van der Waals surface area (Å²) in [5.41, 5.74) is 5.70. The Morgan fingerprint density at radius 3 is 3.06 bits per heavy atom. The molecule has 3 heterocycles. The van der Waals surface area contributed by atoms with Gasteiger partial charge in [0.1, 0.15) is 0 Å². The van der Waals surface area contributed by atoms with Crippen LogP contribution in [-0.4, -0.2) is 28.4 Å². The fraction of sp³-hybridized carbons (Fsp3) is 0.333. The highest BCUT2D eigenvalue weighted by Gasteiger charge is 2.31. The average molecular weight is 296 g/mol. The summed E-state index contributed by atoms with van der Waals surface area (Å²) in [7, 11) is 0. The first-order valence-corrected chi connectivity index (χ1v) is 7.84. The van der Waals surface area contributed by atoms with Crippen molar-refractivity contribution in [3.8, 4) is 0 Å². The second-order valence-corrected chi connectivity index (χ2v) is 6.82. The van der Waals surface area contributed by atoms with E-state index in [-0.39, 0.29) is 11.9 Å². The fourth-order valence-electron chi connectivity index (χ4n) is 2.32. The standard InChI is InChI=1S/C12H12N2OS3/c13-11(16)7-2-1-4-14(7)12(15)10-6-9-8(18-10)3-5-17-9/h3,5-7H,1-2,4H2,(H2,13,16). The van der Waals surface area contributed by atoms with Crippen LogP contribution in [0.2, 0.25) is 0 Å². The Bertz CT molecular complexity index is 587. The number of hydrogen-bond acceptors (Lipinski definition) is 4. The SMILES string of the molecule is NC(=S)C1CCCN1C(=O)c1cc2sccc2s1. The predicted octanol–water partition coefficient (Wildman–Crippen LogP) is 2.85. The van der Waals surface area contributed by atoms with Crippen LogP contribution in [0.25, 0.3) is 9.40 Å². The lowest BCUT2D eigenvalue weighted by Gasteiger charge is -2.22. The molecular weight excluding hydrogens is 284 g/mol. The molecule has 0 radical (unpaired) electrons. The summed E-state index contributed by atoms with van der Waals surface area (Å²) in [4.78, 5) is 15.5. The van der Waals surface area contributed by atoms with Crippen LogP contribution in [0.5, 0.6) is 0 Å². The van der Waals surface area contributed by atoms with Crippen molar-refractivity contribution in [1.82, 2.24) is 4.90 Å². The maximum Gasteiger partial charge on any atom is 0.264 e. The van der Waals surface area contributed by atoms with Crippen LogP contribution in [0.1, 0.15) is 22.5 Å². The van der Waals surface area contributed by atoms with E-state index in [4.69, 9.17) is 18.0 Å². The van der Waals surface area contributed by atoms with Gasteiger partial charge in [-0.25, -0.2) is 0 Å². The minimum absolute atomic E-state index is 0.0624. The Kier molecular flexibility index (Phi) is 3.09. The summed E-state index contributed by atoms with van der Waals surface area (Å²) in [5.74, 6) is 0.0682. The van der Waals surface area contributed by atoms with E-state index in [0.717, 1.165) is 24.3 Å². The highest BCUT2D eigenvalue weighted by molar-refractivity contribution is 7.80. The minimum atomic E-state index is -0.0624. The monoisotopic (exact) mass is 296 g/mol. The summed E-state index contributed by atoms with van der Waals surface area (Å²) in [6.45, 7) is 0.756. The first-order valence-electron chi connectivity index (χ1n) is 5.74. The zero-order valence-corrected chi connectivity index (χ0v) is 12.0. The average Bonchev–Trinajstić information content (AvgIpc) is 3.02. The van der Waals surface area contributed by atoms with Crippen LogP contribution in [-0.2, 0) is 0 Å². The van der Waals surface area contributed by atoms with Gasteiger partial charge < -0.3 is 10.6 Å². The minimum Gasteiger partial charge on any atom is -0.392 e. The molecule has 0 spiro atoms. The number of fused-ring (bicyclic) bond motifs is 1. The molecule has 1 unspecified atom stereocenters. The zero-order valence-electron chi connectivity index (χ0n) is 9.59. The third-order valence-corrected chi connectivity index (χ3v) is 5.55. The molecule has 1 fully saturated rings. The molecule has 18 heavy (non-hydrogen) atoms. The van der Waals surface area contributed by atoms with E-state index in [1.165, 1.54) is 9.40 Å². The van der Waals surface area contributed by atoms with Gasteiger partial charge in [0.15, 0.2) is 0 Å². The molecule has 2 N–H and O–H groups in total. The molecule has 1 atom stereocenters. The van der Waals surface area contributed by atoms with E-state index in [1.807, 2.05) is 16.3 Å². The number of likely N-dealkylation sites (tertiary alicyclic amines) is 1. The van der Waals surface area contributed by atoms with Crippen molar-refractivity contribution in [3.63, 3.8) is 0 Å². The molecule has 94 valence electrons. The van der Waals surface area contributed by atoms with Crippen molar-refractivity contribution in [3.05, 3.63) is 22.4 Å². The summed E-state index contributed by atoms with van der Waals surface area (Å²) in [6.07, 6.45) is 1.87. The number of carbonyl (C=O) groups excluding carboxylic acids is 1. The molecule has 2 aromatic rings. The summed E-state index contributed by atoms with van der Waals surface area (Å²) in [6, 6.07) is 3.96. The van der Waals surface area contributed by atoms with E-state index in [0.29, 0.717) is 4.99 Å². The lowest BCUT2D eigenvalue weighted by molar-refractivity contribution is 0.0775. The summed E-state index contributed by atoms with van der Waals surface area (Å²) < 4.78 is 2.35. The van der Waals surface area contributed by atoms with Crippen molar-refractivity contribution in [2.24, 2.45) is 5.73 Å². The first-order chi connectivity index (χ1) is 8.66. The first kappa shape index (κ1) is 12.1. The number of carbonyl (C=O) groups is 1. The molecule has 0 saturated carbocycles. The van der Waals surface area contributed by atoms with Gasteiger partial charge in [0, 0.05) is 15.9 Å². The Labute approximate surface area is 118 Å². The molecule has 0 aliphatic carbocycles. The molecular formula is C12H12N2OS3. The highest BCUT2D eigenvalue weighted by Crippen LogP contribution is 2.32. The molecule has 3 rings (SSSR count). The molecule has 1 saturated heterocycles. The largest absolute Gasteiger partial charge is 0.392 e. The highest BCUT2D eigenvalue weighted by atomic mass is 32.1. The summed E-state index contributed by atoms with van der Waals surface area (Å²) >= 11 is 8.25. The topological polar surface area (TPSA) is 46.3 Å². The second-order valence-electron chi connectivity index (χ2n) is 4.32. The van der Waals surface area contributed by atoms with Crippen molar-refractivity contribution < 1.29 is 4.79 Å². The molecule has 6 heteroatoms. The van der Waals surface area contributed by atoms with Gasteiger partial charge in [-0.2, -0.15) is 0 Å². The van der Waals surface area contributed by atoms with Crippen molar-refractivity contribution in [2.75, 3.05) is 6.54 Å². The van der Waals surface area contributed by atoms with Gasteiger partial charge >= 0.3 is 0 Å². The van der Waals surface area contributed by atoms with Crippen molar-refractivity contribution >= 4 is 55.2 Å². The maximum absolute atomic E-state index is 12.5. The van der Waals surface area contributed by atoms with E-state index in [1.54, 1.807) is 22.7 Å². The van der Waals surface area contributed by atoms with Crippen molar-refractivity contribution in [2.45, 2.75) is 18.9 Å². The van der Waals surface area contributed by atoms with Gasteiger partial charge in [-0.1, -0.05) is 12.2 Å². The Balaban J connectivity index is 1.90. The van der Waals surface area contributed by atoms with Gasteiger partial charge in [-0.05, 0) is 30.4 Å². The summed E-state index contributed by atoms with van der Waals surface area (Å²) in [5, 5.41) is 2.04. The number of nitrogens with two attached hydrogens (primary N) is 1. The molecule has 3 nitrogen and oxygen atoms in total. The van der Waals surface area contributed by atoms with E-state index in [9.17, 15) is 4.79 Å². The molecule has 1 amide bonds. The Morgan fingerprint density at radius 1 is 1.50 bits per heavy atom. The van der Waals surface area contributed by atoms with Gasteiger partial charge in [-0.3, -0.25) is 4.79 Å². The Morgan fingerprint density at radius 2 is 2.33 bits per heavy atom. The molecule has 1 aliphatic rings. The zero-order chi connectivity index (χ0) is 12.7. The lowest BCUT2D eigenvalue weighted by Crippen LogP contribution is -2.42. The van der Waals surface area contributed by atoms with Crippen molar-refractivity contribution in [1.29, 1.82) is 0 Å². The van der Waals surface area contributed by atoms with Crippen LogP contribution in [0, 0.1) is 0 Å².